The van der Waals surface area contributed by atoms with Crippen LogP contribution in [0.2, 0.25) is 0 Å². The highest BCUT2D eigenvalue weighted by atomic mass is 16.4. The standard InChI is InChI=1S/C28H29N3O2/c1-19(2)25(26-20(3)11-10-18-29-26)30-23(32)16-17-24-31-27(21-12-6-4-7-13-21)28(33-24)22-14-8-5-9-15-22/h4-15,18-19,25H,16-17H2,1-3H3,(H,30,32). The molecule has 33 heavy (non-hydrogen) atoms. The number of amides is 1. The molecule has 2 aromatic heterocycles. The molecule has 4 rings (SSSR count). The van der Waals surface area contributed by atoms with Crippen molar-refractivity contribution in [2.45, 2.75) is 39.7 Å². The van der Waals surface area contributed by atoms with Gasteiger partial charge in [-0.2, -0.15) is 0 Å². The van der Waals surface area contributed by atoms with Crippen LogP contribution in [0.5, 0.6) is 0 Å². The number of nitrogens with zero attached hydrogens (tertiary/aromatic N) is 2. The summed E-state index contributed by atoms with van der Waals surface area (Å²) < 4.78 is 6.16. The van der Waals surface area contributed by atoms with Gasteiger partial charge in [0.05, 0.1) is 11.7 Å². The molecule has 0 aliphatic rings. The number of rotatable bonds is 8. The average molecular weight is 440 g/mol. The maximum Gasteiger partial charge on any atom is 0.221 e. The summed E-state index contributed by atoms with van der Waals surface area (Å²) in [7, 11) is 0. The molecule has 1 unspecified atom stereocenters. The minimum Gasteiger partial charge on any atom is -0.440 e. The van der Waals surface area contributed by atoms with Crippen LogP contribution in [0, 0.1) is 12.8 Å². The quantitative estimate of drug-likeness (QED) is 0.357. The lowest BCUT2D eigenvalue weighted by Crippen LogP contribution is -2.33. The average Bonchev–Trinajstić information content (AvgIpc) is 3.27. The van der Waals surface area contributed by atoms with Crippen molar-refractivity contribution in [1.82, 2.24) is 15.3 Å². The molecule has 5 nitrogen and oxygen atoms in total. The van der Waals surface area contributed by atoms with Gasteiger partial charge in [0.25, 0.3) is 0 Å². The van der Waals surface area contributed by atoms with Gasteiger partial charge in [-0.25, -0.2) is 4.98 Å². The third kappa shape index (κ3) is 5.37. The Hall–Kier alpha value is -3.73. The fourth-order valence-electron chi connectivity index (χ4n) is 3.89. The molecule has 0 saturated heterocycles. The molecule has 5 heteroatoms. The van der Waals surface area contributed by atoms with E-state index in [1.54, 1.807) is 6.20 Å². The molecule has 0 spiro atoms. The molecule has 1 amide bonds. The van der Waals surface area contributed by atoms with E-state index in [1.807, 2.05) is 79.7 Å². The summed E-state index contributed by atoms with van der Waals surface area (Å²) in [6.45, 7) is 6.20. The van der Waals surface area contributed by atoms with Gasteiger partial charge < -0.3 is 9.73 Å². The zero-order valence-electron chi connectivity index (χ0n) is 19.3. The monoisotopic (exact) mass is 439 g/mol. The highest BCUT2D eigenvalue weighted by Gasteiger charge is 2.22. The van der Waals surface area contributed by atoms with Gasteiger partial charge in [-0.3, -0.25) is 9.78 Å². The first-order chi connectivity index (χ1) is 16.0. The van der Waals surface area contributed by atoms with Crippen LogP contribution in [0.3, 0.4) is 0 Å². The Morgan fingerprint density at radius 1 is 0.939 bits per heavy atom. The fraction of sp³-hybridized carbons (Fsp3) is 0.250. The van der Waals surface area contributed by atoms with E-state index in [-0.39, 0.29) is 24.3 Å². The van der Waals surface area contributed by atoms with Gasteiger partial charge in [-0.05, 0) is 24.5 Å². The zero-order chi connectivity index (χ0) is 23.2. The lowest BCUT2D eigenvalue weighted by molar-refractivity contribution is -0.122. The van der Waals surface area contributed by atoms with Crippen molar-refractivity contribution in [2.75, 3.05) is 0 Å². The summed E-state index contributed by atoms with van der Waals surface area (Å²) in [5.41, 5.74) is 4.73. The minimum atomic E-state index is -0.136. The number of benzene rings is 2. The van der Waals surface area contributed by atoms with E-state index in [9.17, 15) is 4.79 Å². The van der Waals surface area contributed by atoms with E-state index in [1.165, 1.54) is 0 Å². The number of hydrogen-bond donors (Lipinski definition) is 1. The Balaban J connectivity index is 1.52. The maximum absolute atomic E-state index is 12.8. The van der Waals surface area contributed by atoms with E-state index in [0.29, 0.717) is 12.3 Å². The second-order valence-electron chi connectivity index (χ2n) is 8.51. The van der Waals surface area contributed by atoms with Gasteiger partial charge in [0.2, 0.25) is 5.91 Å². The molecule has 2 heterocycles. The zero-order valence-corrected chi connectivity index (χ0v) is 19.3. The molecule has 0 aliphatic carbocycles. The van der Waals surface area contributed by atoms with E-state index >= 15 is 0 Å². The normalized spacial score (nSPS) is 12.0. The van der Waals surface area contributed by atoms with Gasteiger partial charge in [-0.15, -0.1) is 0 Å². The lowest BCUT2D eigenvalue weighted by Gasteiger charge is -2.23. The van der Waals surface area contributed by atoms with E-state index in [2.05, 4.69) is 24.1 Å². The molecule has 0 radical (unpaired) electrons. The molecular weight excluding hydrogens is 410 g/mol. The lowest BCUT2D eigenvalue weighted by atomic mass is 9.97. The first kappa shape index (κ1) is 22.5. The molecule has 2 aromatic carbocycles. The third-order valence-electron chi connectivity index (χ3n) is 5.65. The van der Waals surface area contributed by atoms with E-state index in [0.717, 1.165) is 33.8 Å². The summed E-state index contributed by atoms with van der Waals surface area (Å²) in [6, 6.07) is 23.7. The van der Waals surface area contributed by atoms with E-state index in [4.69, 9.17) is 9.40 Å². The highest BCUT2D eigenvalue weighted by molar-refractivity contribution is 5.78. The van der Waals surface area contributed by atoms with Gasteiger partial charge in [0.1, 0.15) is 5.69 Å². The van der Waals surface area contributed by atoms with Gasteiger partial charge >= 0.3 is 0 Å². The van der Waals surface area contributed by atoms with Gasteiger partial charge in [-0.1, -0.05) is 80.6 Å². The van der Waals surface area contributed by atoms with Crippen molar-refractivity contribution < 1.29 is 9.21 Å². The number of carbonyl (C=O) groups is 1. The Morgan fingerprint density at radius 3 is 2.24 bits per heavy atom. The molecule has 1 atom stereocenters. The fourth-order valence-corrected chi connectivity index (χ4v) is 3.89. The molecule has 1 N–H and O–H groups in total. The minimum absolute atomic E-state index is 0.0422. The van der Waals surface area contributed by atoms with Crippen molar-refractivity contribution in [3.63, 3.8) is 0 Å². The SMILES string of the molecule is Cc1cccnc1C(NC(=O)CCc1nc(-c2ccccc2)c(-c2ccccc2)o1)C(C)C. The Labute approximate surface area is 194 Å². The molecule has 0 saturated carbocycles. The Morgan fingerprint density at radius 2 is 1.61 bits per heavy atom. The molecule has 168 valence electrons. The van der Waals surface area contributed by atoms with Crippen LogP contribution >= 0.6 is 0 Å². The largest absolute Gasteiger partial charge is 0.440 e. The number of hydrogen-bond acceptors (Lipinski definition) is 4. The van der Waals surface area contributed by atoms with Crippen LogP contribution in [0.15, 0.2) is 83.4 Å². The Kier molecular flexibility index (Phi) is 6.98. The number of nitrogens with one attached hydrogen (secondary N) is 1. The maximum atomic E-state index is 12.8. The number of aryl methyl sites for hydroxylation is 2. The van der Waals surface area contributed by atoms with Crippen molar-refractivity contribution in [3.8, 4) is 22.6 Å². The van der Waals surface area contributed by atoms with Crippen molar-refractivity contribution in [2.24, 2.45) is 5.92 Å². The van der Waals surface area contributed by atoms with E-state index < -0.39 is 0 Å². The smallest absolute Gasteiger partial charge is 0.221 e. The summed E-state index contributed by atoms with van der Waals surface area (Å²) >= 11 is 0. The van der Waals surface area contributed by atoms with Crippen LogP contribution in [0.1, 0.15) is 43.5 Å². The first-order valence-electron chi connectivity index (χ1n) is 11.3. The second-order valence-corrected chi connectivity index (χ2v) is 8.51. The number of oxazole rings is 1. The molecule has 0 bridgehead atoms. The van der Waals surface area contributed by atoms with Crippen LogP contribution in [0.4, 0.5) is 0 Å². The first-order valence-corrected chi connectivity index (χ1v) is 11.3. The van der Waals surface area contributed by atoms with Crippen molar-refractivity contribution in [1.29, 1.82) is 0 Å². The predicted octanol–water partition coefficient (Wildman–Crippen LogP) is 6.16. The van der Waals surface area contributed by atoms with Crippen LogP contribution in [-0.4, -0.2) is 15.9 Å². The second kappa shape index (κ2) is 10.3. The van der Waals surface area contributed by atoms with Crippen LogP contribution in [0.25, 0.3) is 22.6 Å². The van der Waals surface area contributed by atoms with Gasteiger partial charge in [0.15, 0.2) is 11.7 Å². The van der Waals surface area contributed by atoms with Crippen molar-refractivity contribution in [3.05, 3.63) is 96.1 Å². The Bertz CT molecular complexity index is 1140. The summed E-state index contributed by atoms with van der Waals surface area (Å²) in [4.78, 5) is 22.1. The number of carbonyl (C=O) groups excluding carboxylic acids is 1. The molecule has 0 aliphatic heterocycles. The van der Waals surface area contributed by atoms with Crippen LogP contribution < -0.4 is 5.32 Å². The molecular formula is C28H29N3O2. The summed E-state index contributed by atoms with van der Waals surface area (Å²) in [6.07, 6.45) is 2.48. The number of aromatic nitrogens is 2. The topological polar surface area (TPSA) is 68.0 Å². The summed E-state index contributed by atoms with van der Waals surface area (Å²) in [5, 5.41) is 3.16. The van der Waals surface area contributed by atoms with Gasteiger partial charge in [0, 0.05) is 30.2 Å². The predicted molar refractivity (Wildman–Crippen MR) is 130 cm³/mol. The van der Waals surface area contributed by atoms with Crippen LogP contribution in [-0.2, 0) is 11.2 Å². The number of pyridine rings is 1. The molecule has 0 fully saturated rings. The summed E-state index contributed by atoms with van der Waals surface area (Å²) in [5.74, 6) is 1.46. The third-order valence-corrected chi connectivity index (χ3v) is 5.65. The van der Waals surface area contributed by atoms with Crippen molar-refractivity contribution >= 4 is 5.91 Å². The molecule has 4 aromatic rings. The highest BCUT2D eigenvalue weighted by Crippen LogP contribution is 2.33.